The highest BCUT2D eigenvalue weighted by atomic mass is 16.5. The fourth-order valence-corrected chi connectivity index (χ4v) is 4.52. The number of benzene rings is 2. The van der Waals surface area contributed by atoms with Gasteiger partial charge in [0.2, 0.25) is 0 Å². The number of fused-ring (bicyclic) bond motifs is 1. The summed E-state index contributed by atoms with van der Waals surface area (Å²) in [4.78, 5) is 49.9. The lowest BCUT2D eigenvalue weighted by molar-refractivity contribution is 0.0746. The predicted octanol–water partition coefficient (Wildman–Crippen LogP) is 2.11. The Labute approximate surface area is 212 Å². The number of methoxy groups -OCH3 is 2. The number of hydrogen-bond donors (Lipinski definition) is 1. The van der Waals surface area contributed by atoms with Crippen LogP contribution in [0.2, 0.25) is 0 Å². The number of aromatic amines is 1. The summed E-state index contributed by atoms with van der Waals surface area (Å²) in [6.45, 7) is 2.70. The Morgan fingerprint density at radius 3 is 2.30 bits per heavy atom. The van der Waals surface area contributed by atoms with Crippen LogP contribution in [0.5, 0.6) is 11.5 Å². The minimum atomic E-state index is -0.532. The standard InChI is InChI=1S/C27H27N5O5/c1-36-22-15-20-21(16-23(22)37-2)29-27(35)32(26(20)34)17-18-6-8-19(9-7-18)25(33)31-13-11-30(12-14-31)24-5-3-4-10-28-24/h3-10,15-16H,11-14,17H2,1-2H3,(H,29,35). The molecule has 4 aromatic rings. The zero-order valence-corrected chi connectivity index (χ0v) is 20.6. The number of nitrogens with one attached hydrogen (secondary N) is 1. The molecule has 2 aromatic heterocycles. The number of carbonyl (C=O) groups is 1. The minimum Gasteiger partial charge on any atom is -0.493 e. The van der Waals surface area contributed by atoms with E-state index in [-0.39, 0.29) is 12.5 Å². The van der Waals surface area contributed by atoms with Crippen LogP contribution in [0.4, 0.5) is 5.82 Å². The topological polar surface area (TPSA) is 110 Å². The Kier molecular flexibility index (Phi) is 6.63. The molecule has 10 heteroatoms. The summed E-state index contributed by atoms with van der Waals surface area (Å²) in [6.07, 6.45) is 1.77. The highest BCUT2D eigenvalue weighted by Gasteiger charge is 2.23. The second-order valence-corrected chi connectivity index (χ2v) is 8.74. The van der Waals surface area contributed by atoms with Crippen LogP contribution in [0.1, 0.15) is 15.9 Å². The van der Waals surface area contributed by atoms with Crippen molar-refractivity contribution < 1.29 is 14.3 Å². The van der Waals surface area contributed by atoms with E-state index in [0.717, 1.165) is 15.9 Å². The fourth-order valence-electron chi connectivity index (χ4n) is 4.52. The maximum atomic E-state index is 13.1. The van der Waals surface area contributed by atoms with Gasteiger partial charge in [-0.1, -0.05) is 18.2 Å². The quantitative estimate of drug-likeness (QED) is 0.431. The van der Waals surface area contributed by atoms with Crippen LogP contribution < -0.4 is 25.6 Å². The molecule has 1 aliphatic rings. The molecule has 10 nitrogen and oxygen atoms in total. The van der Waals surface area contributed by atoms with Gasteiger partial charge in [0, 0.05) is 44.0 Å². The first-order chi connectivity index (χ1) is 18.0. The molecule has 5 rings (SSSR count). The summed E-state index contributed by atoms with van der Waals surface area (Å²) in [5, 5.41) is 0.314. The maximum absolute atomic E-state index is 13.1. The second-order valence-electron chi connectivity index (χ2n) is 8.74. The predicted molar refractivity (Wildman–Crippen MR) is 140 cm³/mol. The van der Waals surface area contributed by atoms with Gasteiger partial charge in [-0.05, 0) is 35.9 Å². The van der Waals surface area contributed by atoms with Crippen LogP contribution in [0.3, 0.4) is 0 Å². The molecule has 1 aliphatic heterocycles. The maximum Gasteiger partial charge on any atom is 0.329 e. The highest BCUT2D eigenvalue weighted by Crippen LogP contribution is 2.29. The minimum absolute atomic E-state index is 0.0472. The molecule has 0 radical (unpaired) electrons. The third-order valence-electron chi connectivity index (χ3n) is 6.57. The van der Waals surface area contributed by atoms with Gasteiger partial charge >= 0.3 is 5.69 Å². The Morgan fingerprint density at radius 1 is 0.946 bits per heavy atom. The summed E-state index contributed by atoms with van der Waals surface area (Å²) in [6, 6.07) is 15.9. The van der Waals surface area contributed by atoms with E-state index in [4.69, 9.17) is 9.47 Å². The highest BCUT2D eigenvalue weighted by molar-refractivity contribution is 5.94. The largest absolute Gasteiger partial charge is 0.493 e. The van der Waals surface area contributed by atoms with Gasteiger partial charge in [0.1, 0.15) is 5.82 Å². The van der Waals surface area contributed by atoms with E-state index in [0.29, 0.717) is 54.1 Å². The number of anilines is 1. The van der Waals surface area contributed by atoms with Gasteiger partial charge in [0.05, 0.1) is 31.7 Å². The number of H-pyrrole nitrogens is 1. The molecular formula is C27H27N5O5. The van der Waals surface area contributed by atoms with E-state index in [9.17, 15) is 14.4 Å². The molecule has 0 atom stereocenters. The first-order valence-electron chi connectivity index (χ1n) is 11.9. The number of rotatable bonds is 6. The van der Waals surface area contributed by atoms with Crippen LogP contribution in [0, 0.1) is 0 Å². The number of amides is 1. The molecule has 1 fully saturated rings. The van der Waals surface area contributed by atoms with Crippen molar-refractivity contribution in [2.75, 3.05) is 45.3 Å². The summed E-state index contributed by atoms with van der Waals surface area (Å²) < 4.78 is 11.7. The summed E-state index contributed by atoms with van der Waals surface area (Å²) >= 11 is 0. The molecule has 190 valence electrons. The van der Waals surface area contributed by atoms with Crippen LogP contribution in [0.25, 0.3) is 10.9 Å². The molecule has 1 N–H and O–H groups in total. The van der Waals surface area contributed by atoms with Gasteiger partial charge in [-0.3, -0.25) is 14.2 Å². The van der Waals surface area contributed by atoms with E-state index in [1.807, 2.05) is 23.1 Å². The van der Waals surface area contributed by atoms with Crippen LogP contribution in [0.15, 0.2) is 70.4 Å². The first-order valence-corrected chi connectivity index (χ1v) is 11.9. The van der Waals surface area contributed by atoms with E-state index in [1.54, 1.807) is 42.6 Å². The van der Waals surface area contributed by atoms with E-state index in [1.165, 1.54) is 14.2 Å². The molecule has 3 heterocycles. The lowest BCUT2D eigenvalue weighted by atomic mass is 10.1. The fraction of sp³-hybridized carbons (Fsp3) is 0.259. The molecule has 37 heavy (non-hydrogen) atoms. The Morgan fingerprint density at radius 2 is 1.65 bits per heavy atom. The normalized spacial score (nSPS) is 13.6. The average Bonchev–Trinajstić information content (AvgIpc) is 2.95. The molecule has 2 aromatic carbocycles. The van der Waals surface area contributed by atoms with Gasteiger partial charge in [-0.15, -0.1) is 0 Å². The number of nitrogens with zero attached hydrogens (tertiary/aromatic N) is 4. The third kappa shape index (κ3) is 4.77. The smallest absolute Gasteiger partial charge is 0.329 e. The lowest BCUT2D eigenvalue weighted by Crippen LogP contribution is -2.49. The van der Waals surface area contributed by atoms with Crippen molar-refractivity contribution >= 4 is 22.6 Å². The molecule has 0 aliphatic carbocycles. The van der Waals surface area contributed by atoms with Crippen molar-refractivity contribution in [2.24, 2.45) is 0 Å². The number of piperazine rings is 1. The van der Waals surface area contributed by atoms with Gasteiger partial charge in [-0.25, -0.2) is 9.78 Å². The molecule has 0 unspecified atom stereocenters. The molecule has 1 saturated heterocycles. The summed E-state index contributed by atoms with van der Waals surface area (Å²) in [5.74, 6) is 1.68. The van der Waals surface area contributed by atoms with Crippen molar-refractivity contribution in [1.29, 1.82) is 0 Å². The number of carbonyl (C=O) groups excluding carboxylic acids is 1. The molecule has 0 bridgehead atoms. The third-order valence-corrected chi connectivity index (χ3v) is 6.57. The summed E-state index contributed by atoms with van der Waals surface area (Å²) in [7, 11) is 2.97. The number of pyridine rings is 1. The van der Waals surface area contributed by atoms with Gasteiger partial charge in [0.15, 0.2) is 11.5 Å². The van der Waals surface area contributed by atoms with Crippen LogP contribution in [-0.4, -0.2) is 65.7 Å². The van der Waals surface area contributed by atoms with Crippen molar-refractivity contribution in [2.45, 2.75) is 6.54 Å². The number of hydrogen-bond acceptors (Lipinski definition) is 7. The van der Waals surface area contributed by atoms with E-state index >= 15 is 0 Å². The van der Waals surface area contributed by atoms with Gasteiger partial charge in [-0.2, -0.15) is 0 Å². The monoisotopic (exact) mass is 501 g/mol. The van der Waals surface area contributed by atoms with Crippen LogP contribution >= 0.6 is 0 Å². The van der Waals surface area contributed by atoms with Crippen molar-refractivity contribution in [3.63, 3.8) is 0 Å². The van der Waals surface area contributed by atoms with E-state index < -0.39 is 11.2 Å². The molecule has 1 amide bonds. The average molecular weight is 502 g/mol. The summed E-state index contributed by atoms with van der Waals surface area (Å²) in [5.41, 5.74) is 0.685. The zero-order chi connectivity index (χ0) is 25.9. The second kappa shape index (κ2) is 10.2. The lowest BCUT2D eigenvalue weighted by Gasteiger charge is -2.35. The zero-order valence-electron chi connectivity index (χ0n) is 20.6. The molecule has 0 spiro atoms. The van der Waals surface area contributed by atoms with Crippen molar-refractivity contribution in [3.8, 4) is 11.5 Å². The molecular weight excluding hydrogens is 474 g/mol. The number of aromatic nitrogens is 3. The molecule has 0 saturated carbocycles. The van der Waals surface area contributed by atoms with E-state index in [2.05, 4.69) is 14.9 Å². The van der Waals surface area contributed by atoms with Crippen LogP contribution in [-0.2, 0) is 6.54 Å². The first kappa shape index (κ1) is 24.1. The Bertz CT molecular complexity index is 1540. The number of ether oxygens (including phenoxy) is 2. The van der Waals surface area contributed by atoms with Gasteiger partial charge in [0.25, 0.3) is 11.5 Å². The Hall–Kier alpha value is -4.60. The van der Waals surface area contributed by atoms with Crippen molar-refractivity contribution in [3.05, 3.63) is 92.8 Å². The van der Waals surface area contributed by atoms with Crippen molar-refractivity contribution in [1.82, 2.24) is 19.4 Å². The SMILES string of the molecule is COc1cc2[nH]c(=O)n(Cc3ccc(C(=O)N4CCN(c5ccccn5)CC4)cc3)c(=O)c2cc1OC. The van der Waals surface area contributed by atoms with Gasteiger partial charge < -0.3 is 24.3 Å². The Balaban J connectivity index is 1.31.